The van der Waals surface area contributed by atoms with Gasteiger partial charge in [-0.25, -0.2) is 4.68 Å². The third-order valence-electron chi connectivity index (χ3n) is 8.21. The van der Waals surface area contributed by atoms with Crippen molar-refractivity contribution in [3.05, 3.63) is 48.6 Å². The van der Waals surface area contributed by atoms with E-state index in [9.17, 15) is 19.5 Å². The fraction of sp³-hybridized carbons (Fsp3) is 0.536. The Hall–Kier alpha value is -3.18. The zero-order valence-corrected chi connectivity index (χ0v) is 22.9. The summed E-state index contributed by atoms with van der Waals surface area (Å²) in [5, 5.41) is 18.7. The van der Waals surface area contributed by atoms with Gasteiger partial charge in [0.15, 0.2) is 0 Å². The Bertz CT molecular complexity index is 1360. The lowest BCUT2D eigenvalue weighted by atomic mass is 9.78. The van der Waals surface area contributed by atoms with Crippen LogP contribution in [0.1, 0.15) is 26.7 Å². The minimum Gasteiger partial charge on any atom is -0.465 e. The summed E-state index contributed by atoms with van der Waals surface area (Å²) in [6.45, 7) is 4.54. The number of likely N-dealkylation sites (tertiary alicyclic amines) is 1. The summed E-state index contributed by atoms with van der Waals surface area (Å²) >= 11 is 1.51. The van der Waals surface area contributed by atoms with E-state index in [1.165, 1.54) is 11.8 Å². The van der Waals surface area contributed by atoms with Gasteiger partial charge in [-0.05, 0) is 30.9 Å². The van der Waals surface area contributed by atoms with Gasteiger partial charge in [-0.1, -0.05) is 55.5 Å². The van der Waals surface area contributed by atoms with Crippen LogP contribution in [0.25, 0.3) is 11.0 Å². The molecular formula is C28H33N5O5S. The first-order valence-corrected chi connectivity index (χ1v) is 14.4. The monoisotopic (exact) mass is 551 g/mol. The molecule has 10 nitrogen and oxygen atoms in total. The molecule has 11 heteroatoms. The van der Waals surface area contributed by atoms with Gasteiger partial charge in [0.2, 0.25) is 11.8 Å². The lowest BCUT2D eigenvalue weighted by Gasteiger charge is -2.39. The summed E-state index contributed by atoms with van der Waals surface area (Å²) in [5.41, 5.74) is 1.54. The van der Waals surface area contributed by atoms with Crippen LogP contribution in [0.3, 0.4) is 0 Å². The van der Waals surface area contributed by atoms with Crippen molar-refractivity contribution in [2.45, 2.75) is 55.4 Å². The molecule has 6 rings (SSSR count). The van der Waals surface area contributed by atoms with Crippen molar-refractivity contribution in [1.29, 1.82) is 0 Å². The number of aromatic nitrogens is 3. The number of nitrogens with zero attached hydrogens (tertiary/aromatic N) is 5. The molecule has 6 atom stereocenters. The van der Waals surface area contributed by atoms with Crippen LogP contribution in [0.5, 0.6) is 0 Å². The van der Waals surface area contributed by atoms with Gasteiger partial charge in [0.1, 0.15) is 18.2 Å². The molecule has 206 valence electrons. The van der Waals surface area contributed by atoms with Crippen LogP contribution in [0.4, 0.5) is 0 Å². The molecule has 39 heavy (non-hydrogen) atoms. The lowest BCUT2D eigenvalue weighted by molar-refractivity contribution is -0.154. The Morgan fingerprint density at radius 1 is 1.18 bits per heavy atom. The highest BCUT2D eigenvalue weighted by atomic mass is 32.2. The molecule has 1 unspecified atom stereocenters. The average molecular weight is 552 g/mol. The maximum absolute atomic E-state index is 14.5. The van der Waals surface area contributed by atoms with Crippen LogP contribution in [0.2, 0.25) is 0 Å². The highest BCUT2D eigenvalue weighted by Crippen LogP contribution is 2.61. The molecule has 0 radical (unpaired) electrons. The highest BCUT2D eigenvalue weighted by molar-refractivity contribution is 8.02. The van der Waals surface area contributed by atoms with Crippen LogP contribution < -0.4 is 0 Å². The van der Waals surface area contributed by atoms with E-state index in [1.807, 2.05) is 62.4 Å². The number of rotatable bonds is 6. The van der Waals surface area contributed by atoms with Crippen molar-refractivity contribution >= 4 is 40.6 Å². The van der Waals surface area contributed by atoms with Gasteiger partial charge < -0.3 is 19.6 Å². The summed E-state index contributed by atoms with van der Waals surface area (Å²) in [7, 11) is 0. The quantitative estimate of drug-likeness (QED) is 0.428. The van der Waals surface area contributed by atoms with Crippen LogP contribution >= 0.6 is 11.8 Å². The van der Waals surface area contributed by atoms with E-state index < -0.39 is 34.6 Å². The third-order valence-corrected chi connectivity index (χ3v) is 9.96. The van der Waals surface area contributed by atoms with E-state index in [4.69, 9.17) is 4.74 Å². The minimum atomic E-state index is -0.958. The summed E-state index contributed by atoms with van der Waals surface area (Å²) < 4.78 is 6.27. The number of para-hydroxylation sites is 1. The van der Waals surface area contributed by atoms with Gasteiger partial charge in [-0.15, -0.1) is 16.9 Å². The van der Waals surface area contributed by atoms with Gasteiger partial charge >= 0.3 is 5.97 Å². The SMILES string of the molecule is CC(C)C[C@H](CO)N1C(=O)[C@@H]2[C@H]3C(=O)OCCC=C[C@H]3S[C@@]23C=CCN(Cn2nnc4ccccc42)C(=O)C13. The Morgan fingerprint density at radius 2 is 2.00 bits per heavy atom. The molecule has 1 spiro atoms. The van der Waals surface area contributed by atoms with Crippen molar-refractivity contribution in [3.63, 3.8) is 0 Å². The zero-order valence-electron chi connectivity index (χ0n) is 22.1. The van der Waals surface area contributed by atoms with E-state index in [1.54, 1.807) is 14.5 Å². The van der Waals surface area contributed by atoms with E-state index in [-0.39, 0.29) is 42.9 Å². The third kappa shape index (κ3) is 4.17. The van der Waals surface area contributed by atoms with Crippen molar-refractivity contribution in [1.82, 2.24) is 24.8 Å². The first-order valence-electron chi connectivity index (χ1n) is 13.5. The van der Waals surface area contributed by atoms with Gasteiger partial charge in [-0.2, -0.15) is 0 Å². The van der Waals surface area contributed by atoms with Crippen LogP contribution in [-0.4, -0.2) is 89.5 Å². The van der Waals surface area contributed by atoms with Crippen LogP contribution in [0.15, 0.2) is 48.6 Å². The molecule has 5 heterocycles. The second kappa shape index (κ2) is 10.1. The summed E-state index contributed by atoms with van der Waals surface area (Å²) in [6.07, 6.45) is 9.04. The Labute approximate surface area is 231 Å². The molecule has 1 aromatic carbocycles. The number of aliphatic hydroxyl groups excluding tert-OH is 1. The molecule has 0 bridgehead atoms. The number of esters is 1. The van der Waals surface area contributed by atoms with Crippen molar-refractivity contribution in [3.8, 4) is 0 Å². The molecule has 2 aromatic rings. The van der Waals surface area contributed by atoms with E-state index in [0.29, 0.717) is 19.4 Å². The molecule has 0 saturated carbocycles. The second-order valence-electron chi connectivity index (χ2n) is 11.1. The fourth-order valence-electron chi connectivity index (χ4n) is 6.62. The maximum atomic E-state index is 14.5. The maximum Gasteiger partial charge on any atom is 0.311 e. The first-order chi connectivity index (χ1) is 18.9. The second-order valence-corrected chi connectivity index (χ2v) is 12.6. The zero-order chi connectivity index (χ0) is 27.3. The van der Waals surface area contributed by atoms with Crippen molar-refractivity contribution in [2.75, 3.05) is 19.8 Å². The van der Waals surface area contributed by atoms with Crippen molar-refractivity contribution in [2.24, 2.45) is 17.8 Å². The topological polar surface area (TPSA) is 118 Å². The summed E-state index contributed by atoms with van der Waals surface area (Å²) in [4.78, 5) is 45.4. The Balaban J connectivity index is 1.43. The number of ether oxygens (including phenoxy) is 1. The number of hydrogen-bond acceptors (Lipinski definition) is 8. The van der Waals surface area contributed by atoms with Crippen LogP contribution in [0, 0.1) is 17.8 Å². The molecule has 4 aliphatic heterocycles. The summed E-state index contributed by atoms with van der Waals surface area (Å²) in [6, 6.07) is 6.13. The number of fused-ring (bicyclic) bond motifs is 3. The number of thioether (sulfide) groups is 1. The molecular weight excluding hydrogens is 518 g/mol. The van der Waals surface area contributed by atoms with Crippen LogP contribution in [-0.2, 0) is 25.8 Å². The molecule has 2 fully saturated rings. The molecule has 1 N–H and O–H groups in total. The first kappa shape index (κ1) is 26.1. The Kier molecular flexibility index (Phi) is 6.74. The Morgan fingerprint density at radius 3 is 2.79 bits per heavy atom. The van der Waals surface area contributed by atoms with Gasteiger partial charge in [0.25, 0.3) is 0 Å². The van der Waals surface area contributed by atoms with Gasteiger partial charge in [0.05, 0.1) is 41.4 Å². The summed E-state index contributed by atoms with van der Waals surface area (Å²) in [5.74, 6) is -2.16. The standard InChI is InChI=1S/C28H33N5O5S/c1-17(2)14-18(15-34)33-24-26(36)31(16-32-20-9-4-3-8-19(20)29-30-32)12-7-11-28(24)23(25(33)35)22-21(39-28)10-5-6-13-38-27(22)37/h3-5,7-11,17-18,21-24,34H,6,12-16H2,1-2H3/t18-,21-,22+,23+,24?,28+/m1/s1. The number of amides is 2. The normalized spacial score (nSPS) is 31.1. The number of hydrogen-bond donors (Lipinski definition) is 1. The lowest BCUT2D eigenvalue weighted by Crippen LogP contribution is -2.56. The van der Waals surface area contributed by atoms with E-state index in [2.05, 4.69) is 10.3 Å². The number of benzene rings is 1. The molecule has 2 saturated heterocycles. The average Bonchev–Trinajstić information content (AvgIpc) is 3.50. The van der Waals surface area contributed by atoms with Crippen molar-refractivity contribution < 1.29 is 24.2 Å². The van der Waals surface area contributed by atoms with Gasteiger partial charge in [-0.3, -0.25) is 14.4 Å². The molecule has 2 amide bonds. The van der Waals surface area contributed by atoms with E-state index in [0.717, 1.165) is 11.0 Å². The molecule has 1 aromatic heterocycles. The fourth-order valence-corrected chi connectivity index (χ4v) is 8.61. The smallest absolute Gasteiger partial charge is 0.311 e. The minimum absolute atomic E-state index is 0.163. The number of carbonyl (C=O) groups is 3. The molecule has 4 aliphatic rings. The number of aliphatic hydroxyl groups is 1. The van der Waals surface area contributed by atoms with E-state index >= 15 is 0 Å². The number of carbonyl (C=O) groups excluding carboxylic acids is 3. The largest absolute Gasteiger partial charge is 0.465 e. The predicted octanol–water partition coefficient (Wildman–Crippen LogP) is 1.99. The highest BCUT2D eigenvalue weighted by Gasteiger charge is 2.71. The predicted molar refractivity (Wildman–Crippen MR) is 145 cm³/mol. The number of cyclic esters (lactones) is 1. The molecule has 0 aliphatic carbocycles. The van der Waals surface area contributed by atoms with Gasteiger partial charge in [0, 0.05) is 11.8 Å².